The summed E-state index contributed by atoms with van der Waals surface area (Å²) in [5.41, 5.74) is 3.95. The van der Waals surface area contributed by atoms with Crippen molar-refractivity contribution >= 4 is 5.91 Å². The van der Waals surface area contributed by atoms with E-state index in [0.717, 1.165) is 5.56 Å². The molecule has 3 aromatic rings. The van der Waals surface area contributed by atoms with Gasteiger partial charge in [-0.1, -0.05) is 12.1 Å². The molecule has 6 heteroatoms. The number of aryl methyl sites for hydroxylation is 1. The second-order valence-electron chi connectivity index (χ2n) is 6.36. The molecular weight excluding hydrogens is 343 g/mol. The quantitative estimate of drug-likeness (QED) is 0.763. The first-order valence-electron chi connectivity index (χ1n) is 8.53. The molecule has 1 heterocycles. The minimum atomic E-state index is -0.325. The molecule has 1 aromatic heterocycles. The summed E-state index contributed by atoms with van der Waals surface area (Å²) >= 11 is 0. The van der Waals surface area contributed by atoms with E-state index in [4.69, 9.17) is 5.26 Å². The number of carbonyl (C=O) groups is 1. The lowest BCUT2D eigenvalue weighted by Crippen LogP contribution is -2.27. The molecule has 0 fully saturated rings. The summed E-state index contributed by atoms with van der Waals surface area (Å²) in [6.07, 6.45) is 0. The molecular formula is C21H19FN4O. The van der Waals surface area contributed by atoms with Gasteiger partial charge in [-0.2, -0.15) is 10.4 Å². The Bertz CT molecular complexity index is 1010. The lowest BCUT2D eigenvalue weighted by Gasteiger charge is -2.14. The molecule has 0 aliphatic heterocycles. The van der Waals surface area contributed by atoms with Crippen LogP contribution < -0.4 is 5.32 Å². The van der Waals surface area contributed by atoms with Crippen LogP contribution in [0.1, 0.15) is 45.8 Å². The van der Waals surface area contributed by atoms with Crippen LogP contribution in [0.4, 0.5) is 4.39 Å². The zero-order chi connectivity index (χ0) is 19.6. The highest BCUT2D eigenvalue weighted by molar-refractivity contribution is 5.96. The number of nitrogens with zero attached hydrogens (tertiary/aromatic N) is 3. The SMILES string of the molecule is Cc1nn(-c2ccc(F)cc2)c(C)c1C(=O)NC(C)c1ccc(C#N)cc1. The van der Waals surface area contributed by atoms with Crippen molar-refractivity contribution in [2.24, 2.45) is 0 Å². The Morgan fingerprint density at radius 2 is 1.78 bits per heavy atom. The highest BCUT2D eigenvalue weighted by atomic mass is 19.1. The van der Waals surface area contributed by atoms with E-state index in [1.165, 1.54) is 12.1 Å². The summed E-state index contributed by atoms with van der Waals surface area (Å²) in [6.45, 7) is 5.47. The number of halogens is 1. The molecule has 0 radical (unpaired) electrons. The van der Waals surface area contributed by atoms with E-state index in [0.29, 0.717) is 28.2 Å². The van der Waals surface area contributed by atoms with Crippen LogP contribution in [0.15, 0.2) is 48.5 Å². The van der Waals surface area contributed by atoms with Crippen molar-refractivity contribution in [2.75, 3.05) is 0 Å². The summed E-state index contributed by atoms with van der Waals surface area (Å²) in [6, 6.07) is 14.9. The van der Waals surface area contributed by atoms with Gasteiger partial charge in [-0.15, -0.1) is 0 Å². The van der Waals surface area contributed by atoms with Gasteiger partial charge in [-0.05, 0) is 62.7 Å². The first kappa shape index (κ1) is 18.3. The number of hydrogen-bond acceptors (Lipinski definition) is 3. The topological polar surface area (TPSA) is 70.7 Å². The Labute approximate surface area is 157 Å². The van der Waals surface area contributed by atoms with Crippen LogP contribution in [0, 0.1) is 31.0 Å². The van der Waals surface area contributed by atoms with Crippen LogP contribution in [0.2, 0.25) is 0 Å². The van der Waals surface area contributed by atoms with Gasteiger partial charge in [0.25, 0.3) is 5.91 Å². The molecule has 3 rings (SSSR count). The highest BCUT2D eigenvalue weighted by Gasteiger charge is 2.21. The number of carbonyl (C=O) groups excluding carboxylic acids is 1. The maximum absolute atomic E-state index is 13.2. The largest absolute Gasteiger partial charge is 0.345 e. The normalized spacial score (nSPS) is 11.7. The Balaban J connectivity index is 1.84. The second-order valence-corrected chi connectivity index (χ2v) is 6.36. The summed E-state index contributed by atoms with van der Waals surface area (Å²) in [5, 5.41) is 16.3. The van der Waals surface area contributed by atoms with Gasteiger partial charge in [0, 0.05) is 0 Å². The summed E-state index contributed by atoms with van der Waals surface area (Å²) in [7, 11) is 0. The average molecular weight is 362 g/mol. The number of aromatic nitrogens is 2. The first-order chi connectivity index (χ1) is 12.9. The molecule has 1 atom stereocenters. The lowest BCUT2D eigenvalue weighted by molar-refractivity contribution is 0.0938. The lowest BCUT2D eigenvalue weighted by atomic mass is 10.1. The third-order valence-electron chi connectivity index (χ3n) is 4.48. The molecule has 0 aliphatic carbocycles. The van der Waals surface area contributed by atoms with Gasteiger partial charge >= 0.3 is 0 Å². The van der Waals surface area contributed by atoms with E-state index < -0.39 is 0 Å². The van der Waals surface area contributed by atoms with Gasteiger partial charge in [0.15, 0.2) is 0 Å². The van der Waals surface area contributed by atoms with Crippen molar-refractivity contribution in [1.82, 2.24) is 15.1 Å². The van der Waals surface area contributed by atoms with E-state index in [-0.39, 0.29) is 17.8 Å². The number of amides is 1. The first-order valence-corrected chi connectivity index (χ1v) is 8.53. The number of nitriles is 1. The van der Waals surface area contributed by atoms with Crippen molar-refractivity contribution in [1.29, 1.82) is 5.26 Å². The third kappa shape index (κ3) is 3.72. The smallest absolute Gasteiger partial charge is 0.255 e. The minimum absolute atomic E-state index is 0.224. The predicted octanol–water partition coefficient (Wildman–Crippen LogP) is 3.99. The van der Waals surface area contributed by atoms with Crippen LogP contribution in [0.5, 0.6) is 0 Å². The fourth-order valence-corrected chi connectivity index (χ4v) is 3.00. The summed E-state index contributed by atoms with van der Waals surface area (Å²) in [4.78, 5) is 12.8. The maximum atomic E-state index is 13.2. The van der Waals surface area contributed by atoms with Crippen LogP contribution >= 0.6 is 0 Å². The minimum Gasteiger partial charge on any atom is -0.345 e. The molecule has 1 unspecified atom stereocenters. The Morgan fingerprint density at radius 3 is 2.37 bits per heavy atom. The maximum Gasteiger partial charge on any atom is 0.255 e. The highest BCUT2D eigenvalue weighted by Crippen LogP contribution is 2.20. The summed E-state index contributed by atoms with van der Waals surface area (Å²) < 4.78 is 14.8. The third-order valence-corrected chi connectivity index (χ3v) is 4.48. The Morgan fingerprint density at radius 1 is 1.15 bits per heavy atom. The van der Waals surface area contributed by atoms with Crippen LogP contribution in [-0.2, 0) is 0 Å². The van der Waals surface area contributed by atoms with E-state index >= 15 is 0 Å². The van der Waals surface area contributed by atoms with Crippen LogP contribution in [0.3, 0.4) is 0 Å². The van der Waals surface area contributed by atoms with E-state index in [2.05, 4.69) is 16.5 Å². The Hall–Kier alpha value is -3.46. The number of benzene rings is 2. The van der Waals surface area contributed by atoms with Gasteiger partial charge in [0.05, 0.1) is 40.3 Å². The van der Waals surface area contributed by atoms with Gasteiger partial charge < -0.3 is 5.32 Å². The zero-order valence-corrected chi connectivity index (χ0v) is 15.3. The Kier molecular flexibility index (Phi) is 5.04. The van der Waals surface area contributed by atoms with Crippen molar-refractivity contribution in [3.8, 4) is 11.8 Å². The fraction of sp³-hybridized carbons (Fsp3) is 0.190. The molecule has 2 aromatic carbocycles. The molecule has 27 heavy (non-hydrogen) atoms. The molecule has 0 aliphatic rings. The molecule has 136 valence electrons. The molecule has 0 saturated carbocycles. The predicted molar refractivity (Wildman–Crippen MR) is 100 cm³/mol. The van der Waals surface area contributed by atoms with E-state index in [1.54, 1.807) is 35.9 Å². The zero-order valence-electron chi connectivity index (χ0n) is 15.3. The van der Waals surface area contributed by atoms with Crippen molar-refractivity contribution in [3.63, 3.8) is 0 Å². The van der Waals surface area contributed by atoms with E-state index in [1.807, 2.05) is 26.0 Å². The summed E-state index contributed by atoms with van der Waals surface area (Å²) in [5.74, 6) is -0.551. The van der Waals surface area contributed by atoms with Gasteiger partial charge in [-0.25, -0.2) is 9.07 Å². The van der Waals surface area contributed by atoms with Gasteiger partial charge in [0.2, 0.25) is 0 Å². The average Bonchev–Trinajstić information content (AvgIpc) is 2.96. The van der Waals surface area contributed by atoms with Crippen molar-refractivity contribution in [3.05, 3.63) is 82.4 Å². The second kappa shape index (κ2) is 7.42. The standard InChI is InChI=1S/C21H19FN4O/c1-13(17-6-4-16(12-23)5-7-17)24-21(27)20-14(2)25-26(15(20)3)19-10-8-18(22)9-11-19/h4-11,13H,1-3H3,(H,24,27). The fourth-order valence-electron chi connectivity index (χ4n) is 3.00. The number of hydrogen-bond donors (Lipinski definition) is 1. The monoisotopic (exact) mass is 362 g/mol. The number of nitrogens with one attached hydrogen (secondary N) is 1. The molecule has 0 bridgehead atoms. The molecule has 5 nitrogen and oxygen atoms in total. The molecule has 1 amide bonds. The van der Waals surface area contributed by atoms with Gasteiger partial charge in [0.1, 0.15) is 5.82 Å². The molecule has 1 N–H and O–H groups in total. The van der Waals surface area contributed by atoms with Crippen molar-refractivity contribution in [2.45, 2.75) is 26.8 Å². The van der Waals surface area contributed by atoms with E-state index in [9.17, 15) is 9.18 Å². The van der Waals surface area contributed by atoms with Crippen molar-refractivity contribution < 1.29 is 9.18 Å². The van der Waals surface area contributed by atoms with Gasteiger partial charge in [-0.3, -0.25) is 4.79 Å². The number of rotatable bonds is 4. The van der Waals surface area contributed by atoms with Crippen LogP contribution in [0.25, 0.3) is 5.69 Å². The van der Waals surface area contributed by atoms with Crippen LogP contribution in [-0.4, -0.2) is 15.7 Å². The molecule has 0 spiro atoms. The molecule has 0 saturated heterocycles.